The van der Waals surface area contributed by atoms with Gasteiger partial charge in [-0.25, -0.2) is 0 Å². The van der Waals surface area contributed by atoms with Gasteiger partial charge in [0.25, 0.3) is 0 Å². The van der Waals surface area contributed by atoms with Gasteiger partial charge in [-0.2, -0.15) is 0 Å². The number of hydrogen-bond donors (Lipinski definition) is 3. The highest BCUT2D eigenvalue weighted by Crippen LogP contribution is 2.53. The summed E-state index contributed by atoms with van der Waals surface area (Å²) >= 11 is 0. The molecule has 0 bridgehead atoms. The molecule has 0 unspecified atom stereocenters. The summed E-state index contributed by atoms with van der Waals surface area (Å²) in [5, 5.41) is 34.5. The summed E-state index contributed by atoms with van der Waals surface area (Å²) in [5.41, 5.74) is -0.558. The van der Waals surface area contributed by atoms with Gasteiger partial charge < -0.3 is 38.4 Å². The number of aryl methyl sites for hydroxylation is 2. The smallest absolute Gasteiger partial charge is 0.196 e. The second-order valence-electron chi connectivity index (χ2n) is 9.62. The quantitative estimate of drug-likeness (QED) is 0.233. The Kier molecular flexibility index (Phi) is 5.74. The third-order valence-corrected chi connectivity index (χ3v) is 7.17. The van der Waals surface area contributed by atoms with E-state index in [4.69, 9.17) is 23.0 Å². The molecule has 0 aliphatic carbocycles. The van der Waals surface area contributed by atoms with Crippen LogP contribution in [0.1, 0.15) is 11.5 Å². The van der Waals surface area contributed by atoms with Crippen LogP contribution in [0.3, 0.4) is 0 Å². The van der Waals surface area contributed by atoms with Crippen LogP contribution in [0.15, 0.2) is 54.8 Å². The Morgan fingerprint density at radius 2 is 1.15 bits per heavy atom. The zero-order valence-electron chi connectivity index (χ0n) is 22.7. The van der Waals surface area contributed by atoms with Gasteiger partial charge in [-0.05, 0) is 26.0 Å². The van der Waals surface area contributed by atoms with E-state index in [0.29, 0.717) is 16.9 Å². The summed E-state index contributed by atoms with van der Waals surface area (Å²) in [6, 6.07) is 8.27. The predicted molar refractivity (Wildman–Crippen MR) is 153 cm³/mol. The fraction of sp³-hybridized carbons (Fsp3) is 0.161. The average Bonchev–Trinajstić information content (AvgIpc) is 2.92. The maximum atomic E-state index is 13.4. The molecule has 0 saturated heterocycles. The molecule has 0 radical (unpaired) electrons. The molecule has 10 nitrogen and oxygen atoms in total. The predicted octanol–water partition coefficient (Wildman–Crippen LogP) is 5.63. The minimum Gasteiger partial charge on any atom is -0.507 e. The van der Waals surface area contributed by atoms with E-state index in [1.807, 2.05) is 0 Å². The van der Waals surface area contributed by atoms with Crippen LogP contribution in [-0.4, -0.2) is 36.6 Å². The monoisotopic (exact) mass is 556 g/mol. The molecule has 2 heterocycles. The molecule has 0 aliphatic rings. The number of hydrogen-bond acceptors (Lipinski definition) is 10. The Bertz CT molecular complexity index is 2210. The van der Waals surface area contributed by atoms with Crippen LogP contribution >= 0.6 is 0 Å². The fourth-order valence-corrected chi connectivity index (χ4v) is 5.53. The number of methoxy groups -OCH3 is 3. The summed E-state index contributed by atoms with van der Waals surface area (Å²) in [6.45, 7) is 3.20. The number of fused-ring (bicyclic) bond motifs is 4. The topological polar surface area (TPSA) is 149 Å². The average molecular weight is 557 g/mol. The van der Waals surface area contributed by atoms with Crippen LogP contribution in [0.5, 0.6) is 34.5 Å². The van der Waals surface area contributed by atoms with Crippen LogP contribution in [0, 0.1) is 13.8 Å². The number of benzene rings is 4. The van der Waals surface area contributed by atoms with Crippen LogP contribution in [-0.2, 0) is 0 Å². The first kappa shape index (κ1) is 25.9. The molecule has 0 amide bonds. The van der Waals surface area contributed by atoms with Crippen molar-refractivity contribution in [2.75, 3.05) is 21.3 Å². The molecule has 3 N–H and O–H groups in total. The maximum absolute atomic E-state index is 13.4. The lowest BCUT2D eigenvalue weighted by Crippen LogP contribution is -2.05. The molecule has 0 atom stereocenters. The molecular formula is C31H24O10. The third-order valence-electron chi connectivity index (χ3n) is 7.17. The van der Waals surface area contributed by atoms with Gasteiger partial charge in [0.15, 0.2) is 10.9 Å². The lowest BCUT2D eigenvalue weighted by atomic mass is 9.88. The number of phenolic OH excluding ortho intramolecular Hbond substituents is 2. The van der Waals surface area contributed by atoms with E-state index in [-0.39, 0.29) is 83.7 Å². The van der Waals surface area contributed by atoms with Gasteiger partial charge >= 0.3 is 0 Å². The largest absolute Gasteiger partial charge is 0.507 e. The van der Waals surface area contributed by atoms with Crippen molar-refractivity contribution in [1.82, 2.24) is 0 Å². The number of aromatic hydroxyl groups is 3. The van der Waals surface area contributed by atoms with Gasteiger partial charge in [-0.1, -0.05) is 0 Å². The molecule has 6 rings (SSSR count). The van der Waals surface area contributed by atoms with E-state index in [2.05, 4.69) is 0 Å². The second-order valence-corrected chi connectivity index (χ2v) is 9.62. The van der Waals surface area contributed by atoms with Gasteiger partial charge in [0.05, 0.1) is 32.1 Å². The van der Waals surface area contributed by atoms with E-state index in [9.17, 15) is 24.9 Å². The molecule has 0 saturated carbocycles. The van der Waals surface area contributed by atoms with E-state index < -0.39 is 10.9 Å². The third kappa shape index (κ3) is 3.64. The minimum absolute atomic E-state index is 0.000570. The molecule has 6 aromatic rings. The minimum atomic E-state index is -0.521. The first-order valence-corrected chi connectivity index (χ1v) is 12.4. The lowest BCUT2D eigenvalue weighted by Gasteiger charge is -2.20. The van der Waals surface area contributed by atoms with E-state index in [1.165, 1.54) is 45.6 Å². The molecule has 10 heteroatoms. The van der Waals surface area contributed by atoms with Crippen LogP contribution in [0.2, 0.25) is 0 Å². The molecule has 0 fully saturated rings. The van der Waals surface area contributed by atoms with Crippen molar-refractivity contribution in [3.63, 3.8) is 0 Å². The Hall–Kier alpha value is -5.38. The van der Waals surface area contributed by atoms with Gasteiger partial charge in [0, 0.05) is 46.2 Å². The van der Waals surface area contributed by atoms with Crippen LogP contribution in [0.25, 0.3) is 54.6 Å². The van der Waals surface area contributed by atoms with Crippen molar-refractivity contribution in [2.45, 2.75) is 13.8 Å². The Morgan fingerprint density at radius 3 is 1.76 bits per heavy atom. The summed E-state index contributed by atoms with van der Waals surface area (Å²) < 4.78 is 28.8. The Labute approximate surface area is 231 Å². The normalized spacial score (nSPS) is 11.5. The number of phenols is 2. The zero-order chi connectivity index (χ0) is 29.3. The van der Waals surface area contributed by atoms with E-state index >= 15 is 0 Å². The van der Waals surface area contributed by atoms with Crippen molar-refractivity contribution in [1.29, 1.82) is 0 Å². The van der Waals surface area contributed by atoms with E-state index in [0.717, 1.165) is 0 Å². The summed E-state index contributed by atoms with van der Waals surface area (Å²) in [5.74, 6) is 0.101. The first-order chi connectivity index (χ1) is 19.6. The highest BCUT2D eigenvalue weighted by molar-refractivity contribution is 6.26. The van der Waals surface area contributed by atoms with Crippen LogP contribution in [0.4, 0.5) is 0 Å². The summed E-state index contributed by atoms with van der Waals surface area (Å²) in [6.07, 6.45) is 0. The molecule has 4 aromatic carbocycles. The molecule has 0 aliphatic heterocycles. The van der Waals surface area contributed by atoms with Gasteiger partial charge in [0.2, 0.25) is 0 Å². The lowest BCUT2D eigenvalue weighted by molar-refractivity contribution is 0.396. The molecule has 208 valence electrons. The van der Waals surface area contributed by atoms with Gasteiger partial charge in [0.1, 0.15) is 68.0 Å². The van der Waals surface area contributed by atoms with Gasteiger partial charge in [-0.15, -0.1) is 0 Å². The second kappa shape index (κ2) is 9.09. The molecular weight excluding hydrogens is 532 g/mol. The van der Waals surface area contributed by atoms with Gasteiger partial charge in [-0.3, -0.25) is 9.59 Å². The SMILES string of the molecule is COc1cc(OC)c2c(O)c3c(=O)cc(C)oc3c(-c3c4cc(=O)cc(OC)c4c(O)c4c(O)cc(C)oc34)c2c1. The number of rotatable bonds is 4. The van der Waals surface area contributed by atoms with Crippen molar-refractivity contribution in [3.05, 3.63) is 68.4 Å². The van der Waals surface area contributed by atoms with E-state index in [1.54, 1.807) is 26.0 Å². The maximum Gasteiger partial charge on any atom is 0.196 e. The molecule has 41 heavy (non-hydrogen) atoms. The van der Waals surface area contributed by atoms with Crippen molar-refractivity contribution in [2.24, 2.45) is 0 Å². The highest BCUT2D eigenvalue weighted by Gasteiger charge is 2.29. The van der Waals surface area contributed by atoms with Crippen molar-refractivity contribution >= 4 is 43.5 Å². The Balaban J connectivity index is 2.07. The van der Waals surface area contributed by atoms with Crippen molar-refractivity contribution < 1.29 is 38.4 Å². The zero-order valence-corrected chi connectivity index (χ0v) is 22.7. The highest BCUT2D eigenvalue weighted by atomic mass is 16.5. The first-order valence-electron chi connectivity index (χ1n) is 12.4. The molecule has 0 spiro atoms. The Morgan fingerprint density at radius 1 is 0.610 bits per heavy atom. The summed E-state index contributed by atoms with van der Waals surface area (Å²) in [4.78, 5) is 26.3. The fourth-order valence-electron chi connectivity index (χ4n) is 5.53. The summed E-state index contributed by atoms with van der Waals surface area (Å²) in [7, 11) is 4.22. The standard InChI is InChI=1S/C31H24O10/c1-12-6-18(33)26-28(35)22-16(8-14(32)9-20(22)38-4)24(30(26)40-12)25-17-10-15(37-3)11-21(39-5)23(17)29(36)27-19(34)7-13(2)41-31(25)27/h6-11,33,35-36H,1-5H3. The number of ether oxygens (including phenoxy) is 3. The van der Waals surface area contributed by atoms with Crippen LogP contribution < -0.4 is 25.1 Å². The molecule has 2 aromatic heterocycles. The van der Waals surface area contributed by atoms with Crippen molar-refractivity contribution in [3.8, 4) is 45.6 Å².